The SMILES string of the molecule is COc1ccc(C(C)(C)C)cc1NC(=O)C(C)CCl. The van der Waals surface area contributed by atoms with Gasteiger partial charge in [-0.1, -0.05) is 33.8 Å². The van der Waals surface area contributed by atoms with Crippen LogP contribution in [0, 0.1) is 5.92 Å². The Morgan fingerprint density at radius 2 is 2.05 bits per heavy atom. The van der Waals surface area contributed by atoms with Gasteiger partial charge in [0.05, 0.1) is 12.8 Å². The molecular formula is C15H22ClNO2. The number of anilines is 1. The third-order valence-electron chi connectivity index (χ3n) is 3.00. The first kappa shape index (κ1) is 15.8. The van der Waals surface area contributed by atoms with Crippen molar-refractivity contribution in [1.29, 1.82) is 0 Å². The van der Waals surface area contributed by atoms with Gasteiger partial charge in [0.25, 0.3) is 0 Å². The van der Waals surface area contributed by atoms with E-state index >= 15 is 0 Å². The minimum atomic E-state index is -0.232. The smallest absolute Gasteiger partial charge is 0.228 e. The van der Waals surface area contributed by atoms with Gasteiger partial charge in [-0.15, -0.1) is 11.6 Å². The van der Waals surface area contributed by atoms with E-state index in [1.54, 1.807) is 14.0 Å². The van der Waals surface area contributed by atoms with E-state index in [9.17, 15) is 4.79 Å². The molecule has 1 rings (SSSR count). The molecule has 1 unspecified atom stereocenters. The number of rotatable bonds is 4. The van der Waals surface area contributed by atoms with Crippen LogP contribution < -0.4 is 10.1 Å². The first-order valence-corrected chi connectivity index (χ1v) is 6.88. The molecule has 1 atom stereocenters. The molecule has 0 saturated heterocycles. The van der Waals surface area contributed by atoms with Crippen LogP contribution in [0.15, 0.2) is 18.2 Å². The molecule has 0 aliphatic rings. The minimum absolute atomic E-state index is 0.0177. The maximum atomic E-state index is 11.9. The lowest BCUT2D eigenvalue weighted by Gasteiger charge is -2.21. The Balaban J connectivity index is 3.07. The molecule has 0 radical (unpaired) electrons. The summed E-state index contributed by atoms with van der Waals surface area (Å²) in [5, 5.41) is 2.88. The summed E-state index contributed by atoms with van der Waals surface area (Å²) in [6.45, 7) is 8.17. The van der Waals surface area contributed by atoms with Crippen molar-refractivity contribution in [3.8, 4) is 5.75 Å². The predicted molar refractivity (Wildman–Crippen MR) is 80.2 cm³/mol. The van der Waals surface area contributed by atoms with Crippen molar-refractivity contribution in [2.45, 2.75) is 33.1 Å². The maximum absolute atomic E-state index is 11.9. The minimum Gasteiger partial charge on any atom is -0.495 e. The van der Waals surface area contributed by atoms with Gasteiger partial charge in [0, 0.05) is 11.8 Å². The summed E-state index contributed by atoms with van der Waals surface area (Å²) in [4.78, 5) is 11.9. The highest BCUT2D eigenvalue weighted by molar-refractivity contribution is 6.19. The quantitative estimate of drug-likeness (QED) is 0.854. The fourth-order valence-corrected chi connectivity index (χ4v) is 1.74. The number of hydrogen-bond acceptors (Lipinski definition) is 2. The number of benzene rings is 1. The molecule has 0 fully saturated rings. The lowest BCUT2D eigenvalue weighted by atomic mass is 9.87. The molecule has 19 heavy (non-hydrogen) atoms. The van der Waals surface area contributed by atoms with Gasteiger partial charge in [-0.2, -0.15) is 0 Å². The van der Waals surface area contributed by atoms with Gasteiger partial charge in [0.1, 0.15) is 5.75 Å². The van der Waals surface area contributed by atoms with Gasteiger partial charge in [-0.25, -0.2) is 0 Å². The lowest BCUT2D eigenvalue weighted by Crippen LogP contribution is -2.22. The van der Waals surface area contributed by atoms with E-state index in [1.165, 1.54) is 0 Å². The molecule has 1 aromatic carbocycles. The summed E-state index contributed by atoms with van der Waals surface area (Å²) in [5.74, 6) is 0.625. The van der Waals surface area contributed by atoms with E-state index in [4.69, 9.17) is 16.3 Å². The molecule has 1 N–H and O–H groups in total. The first-order valence-electron chi connectivity index (χ1n) is 6.35. The zero-order valence-electron chi connectivity index (χ0n) is 12.2. The summed E-state index contributed by atoms with van der Waals surface area (Å²) >= 11 is 5.70. The number of carbonyl (C=O) groups is 1. The highest BCUT2D eigenvalue weighted by Gasteiger charge is 2.18. The molecule has 0 aliphatic heterocycles. The largest absolute Gasteiger partial charge is 0.495 e. The van der Waals surface area contributed by atoms with Crippen LogP contribution in [0.5, 0.6) is 5.75 Å². The van der Waals surface area contributed by atoms with Crippen LogP contribution in [-0.4, -0.2) is 18.9 Å². The summed E-state index contributed by atoms with van der Waals surface area (Å²) in [6.07, 6.45) is 0. The van der Waals surface area contributed by atoms with E-state index < -0.39 is 0 Å². The highest BCUT2D eigenvalue weighted by atomic mass is 35.5. The van der Waals surface area contributed by atoms with Crippen LogP contribution >= 0.6 is 11.6 Å². The molecule has 106 valence electrons. The van der Waals surface area contributed by atoms with Crippen molar-refractivity contribution in [3.05, 3.63) is 23.8 Å². The average Bonchev–Trinajstić information content (AvgIpc) is 2.36. The van der Waals surface area contributed by atoms with Crippen LogP contribution in [0.1, 0.15) is 33.3 Å². The van der Waals surface area contributed by atoms with Crippen LogP contribution in [0.3, 0.4) is 0 Å². The Kier molecular flexibility index (Phi) is 5.24. The predicted octanol–water partition coefficient (Wildman–Crippen LogP) is 3.81. The third-order valence-corrected chi connectivity index (χ3v) is 3.47. The molecule has 0 spiro atoms. The fourth-order valence-electron chi connectivity index (χ4n) is 1.60. The number of ether oxygens (including phenoxy) is 1. The van der Waals surface area contributed by atoms with Crippen molar-refractivity contribution < 1.29 is 9.53 Å². The van der Waals surface area contributed by atoms with Crippen LogP contribution in [0.4, 0.5) is 5.69 Å². The second-order valence-corrected chi connectivity index (χ2v) is 6.02. The molecule has 0 aromatic heterocycles. The van der Waals surface area contributed by atoms with E-state index in [0.29, 0.717) is 17.3 Å². The second-order valence-electron chi connectivity index (χ2n) is 5.71. The van der Waals surface area contributed by atoms with Crippen molar-refractivity contribution in [2.75, 3.05) is 18.3 Å². The number of alkyl halides is 1. The molecule has 0 bridgehead atoms. The molecule has 0 aliphatic carbocycles. The van der Waals surface area contributed by atoms with Gasteiger partial charge >= 0.3 is 0 Å². The Morgan fingerprint density at radius 1 is 1.42 bits per heavy atom. The monoisotopic (exact) mass is 283 g/mol. The normalized spacial score (nSPS) is 12.9. The Bertz CT molecular complexity index is 452. The number of nitrogens with one attached hydrogen (secondary N) is 1. The zero-order valence-corrected chi connectivity index (χ0v) is 13.0. The average molecular weight is 284 g/mol. The van der Waals surface area contributed by atoms with E-state index in [1.807, 2.05) is 18.2 Å². The zero-order chi connectivity index (χ0) is 14.6. The molecule has 1 amide bonds. The standard InChI is InChI=1S/C15H22ClNO2/c1-10(9-16)14(18)17-12-8-11(15(2,3)4)6-7-13(12)19-5/h6-8,10H,9H2,1-5H3,(H,17,18). The Labute approximate surface area is 120 Å². The van der Waals surface area contributed by atoms with Crippen molar-refractivity contribution in [3.63, 3.8) is 0 Å². The fraction of sp³-hybridized carbons (Fsp3) is 0.533. The summed E-state index contributed by atoms with van der Waals surface area (Å²) in [7, 11) is 1.59. The molecule has 4 heteroatoms. The summed E-state index contributed by atoms with van der Waals surface area (Å²) in [5.41, 5.74) is 1.85. The van der Waals surface area contributed by atoms with Gasteiger partial charge < -0.3 is 10.1 Å². The van der Waals surface area contributed by atoms with Crippen LogP contribution in [-0.2, 0) is 10.2 Å². The van der Waals surface area contributed by atoms with Crippen molar-refractivity contribution in [2.24, 2.45) is 5.92 Å². The molecule has 0 heterocycles. The summed E-state index contributed by atoms with van der Waals surface area (Å²) in [6, 6.07) is 5.85. The van der Waals surface area contributed by atoms with Gasteiger partial charge in [-0.05, 0) is 23.1 Å². The topological polar surface area (TPSA) is 38.3 Å². The first-order chi connectivity index (χ1) is 8.79. The lowest BCUT2D eigenvalue weighted by molar-refractivity contribution is -0.118. The maximum Gasteiger partial charge on any atom is 0.228 e. The molecule has 0 saturated carbocycles. The van der Waals surface area contributed by atoms with Gasteiger partial charge in [-0.3, -0.25) is 4.79 Å². The summed E-state index contributed by atoms with van der Waals surface area (Å²) < 4.78 is 5.28. The number of carbonyl (C=O) groups excluding carboxylic acids is 1. The second kappa shape index (κ2) is 6.29. The van der Waals surface area contributed by atoms with E-state index in [-0.39, 0.29) is 17.2 Å². The number of halogens is 1. The van der Waals surface area contributed by atoms with Gasteiger partial charge in [0.15, 0.2) is 0 Å². The Hall–Kier alpha value is -1.22. The van der Waals surface area contributed by atoms with Crippen molar-refractivity contribution in [1.82, 2.24) is 0 Å². The van der Waals surface area contributed by atoms with E-state index in [2.05, 4.69) is 26.1 Å². The molecule has 1 aromatic rings. The van der Waals surface area contributed by atoms with Crippen LogP contribution in [0.25, 0.3) is 0 Å². The Morgan fingerprint density at radius 3 is 2.53 bits per heavy atom. The van der Waals surface area contributed by atoms with Gasteiger partial charge in [0.2, 0.25) is 5.91 Å². The number of amides is 1. The molecular weight excluding hydrogens is 262 g/mol. The van der Waals surface area contributed by atoms with Crippen molar-refractivity contribution >= 4 is 23.2 Å². The number of hydrogen-bond donors (Lipinski definition) is 1. The van der Waals surface area contributed by atoms with Crippen LogP contribution in [0.2, 0.25) is 0 Å². The molecule has 3 nitrogen and oxygen atoms in total. The third kappa shape index (κ3) is 4.13. The van der Waals surface area contributed by atoms with E-state index in [0.717, 1.165) is 5.56 Å². The number of methoxy groups -OCH3 is 1. The highest BCUT2D eigenvalue weighted by Crippen LogP contribution is 2.31.